The van der Waals surface area contributed by atoms with Gasteiger partial charge in [-0.2, -0.15) is 0 Å². The number of unbranched alkanes of at least 4 members (excludes halogenated alkanes) is 47. The van der Waals surface area contributed by atoms with E-state index in [0.29, 0.717) is 25.9 Å². The molecular formula is C61H121NO5. The highest BCUT2D eigenvalue weighted by atomic mass is 16.5. The van der Waals surface area contributed by atoms with Crippen LogP contribution in [0, 0.1) is 0 Å². The number of aliphatic hydroxyl groups excluding tert-OH is 2. The Morgan fingerprint density at radius 1 is 0.358 bits per heavy atom. The number of esters is 1. The molecule has 0 heterocycles. The number of carbonyl (C=O) groups excluding carboxylic acids is 2. The van der Waals surface area contributed by atoms with Crippen LogP contribution in [0.15, 0.2) is 0 Å². The summed E-state index contributed by atoms with van der Waals surface area (Å²) in [5.74, 6) is -0.0213. The van der Waals surface area contributed by atoms with Gasteiger partial charge in [-0.05, 0) is 25.7 Å². The van der Waals surface area contributed by atoms with Gasteiger partial charge in [-0.1, -0.05) is 316 Å². The van der Waals surface area contributed by atoms with Crippen LogP contribution in [0.5, 0.6) is 0 Å². The van der Waals surface area contributed by atoms with Crippen molar-refractivity contribution in [3.63, 3.8) is 0 Å². The molecule has 0 bridgehead atoms. The molecule has 0 aliphatic carbocycles. The zero-order valence-electron chi connectivity index (χ0n) is 45.7. The molecule has 400 valence electrons. The smallest absolute Gasteiger partial charge is 0.305 e. The highest BCUT2D eigenvalue weighted by Gasteiger charge is 2.20. The molecule has 6 heteroatoms. The number of amides is 1. The Morgan fingerprint density at radius 2 is 0.612 bits per heavy atom. The summed E-state index contributed by atoms with van der Waals surface area (Å²) >= 11 is 0. The maximum absolute atomic E-state index is 12.5. The fraction of sp³-hybridized carbons (Fsp3) is 0.967. The minimum atomic E-state index is -0.664. The normalized spacial score (nSPS) is 12.5. The van der Waals surface area contributed by atoms with E-state index in [9.17, 15) is 19.8 Å². The third-order valence-corrected chi connectivity index (χ3v) is 14.7. The molecule has 0 saturated carbocycles. The van der Waals surface area contributed by atoms with E-state index >= 15 is 0 Å². The largest absolute Gasteiger partial charge is 0.466 e. The maximum Gasteiger partial charge on any atom is 0.305 e. The van der Waals surface area contributed by atoms with E-state index < -0.39 is 12.1 Å². The zero-order chi connectivity index (χ0) is 48.6. The van der Waals surface area contributed by atoms with Gasteiger partial charge in [-0.25, -0.2) is 0 Å². The summed E-state index contributed by atoms with van der Waals surface area (Å²) < 4.78 is 5.50. The maximum atomic E-state index is 12.5. The average Bonchev–Trinajstić information content (AvgIpc) is 3.33. The molecule has 0 aromatic heterocycles. The highest BCUT2D eigenvalue weighted by Crippen LogP contribution is 2.18. The van der Waals surface area contributed by atoms with E-state index in [2.05, 4.69) is 19.2 Å². The summed E-state index contributed by atoms with van der Waals surface area (Å²) in [6, 6.07) is -0.541. The molecule has 0 aromatic carbocycles. The number of hydrogen-bond acceptors (Lipinski definition) is 5. The molecule has 67 heavy (non-hydrogen) atoms. The molecule has 1 amide bonds. The molecule has 0 aromatic rings. The van der Waals surface area contributed by atoms with Gasteiger partial charge in [0.2, 0.25) is 5.91 Å². The molecule has 2 atom stereocenters. The number of ether oxygens (including phenoxy) is 1. The Morgan fingerprint density at radius 3 is 0.910 bits per heavy atom. The molecule has 0 aliphatic rings. The van der Waals surface area contributed by atoms with Crippen molar-refractivity contribution < 1.29 is 24.5 Å². The van der Waals surface area contributed by atoms with Crippen LogP contribution >= 0.6 is 0 Å². The lowest BCUT2D eigenvalue weighted by Gasteiger charge is -2.22. The lowest BCUT2D eigenvalue weighted by atomic mass is 10.0. The number of aliphatic hydroxyl groups is 2. The fourth-order valence-corrected chi connectivity index (χ4v) is 9.94. The van der Waals surface area contributed by atoms with Crippen LogP contribution in [0.4, 0.5) is 0 Å². The van der Waals surface area contributed by atoms with Crippen LogP contribution in [0.25, 0.3) is 0 Å². The number of carbonyl (C=O) groups is 2. The molecule has 0 fully saturated rings. The molecule has 2 unspecified atom stereocenters. The summed E-state index contributed by atoms with van der Waals surface area (Å²) in [5.41, 5.74) is 0. The van der Waals surface area contributed by atoms with Crippen molar-refractivity contribution in [2.75, 3.05) is 13.2 Å². The van der Waals surface area contributed by atoms with Crippen molar-refractivity contribution in [3.8, 4) is 0 Å². The van der Waals surface area contributed by atoms with Crippen LogP contribution < -0.4 is 5.32 Å². The Bertz CT molecular complexity index is 959. The average molecular weight is 949 g/mol. The topological polar surface area (TPSA) is 95.9 Å². The number of rotatable bonds is 58. The predicted molar refractivity (Wildman–Crippen MR) is 292 cm³/mol. The summed E-state index contributed by atoms with van der Waals surface area (Å²) in [7, 11) is 0. The van der Waals surface area contributed by atoms with E-state index in [4.69, 9.17) is 4.74 Å². The van der Waals surface area contributed by atoms with Crippen LogP contribution in [0.2, 0.25) is 0 Å². The SMILES string of the molecule is CCCCCCCCCCCCCCCCCCCCCC(=O)OCCCCCCCCCCCCCCCCCCCCCC(=O)NC(CO)C(O)CCCCCCCCCCCCCC. The first kappa shape index (κ1) is 65.9. The number of nitrogens with one attached hydrogen (secondary N) is 1. The van der Waals surface area contributed by atoms with Gasteiger partial charge in [0, 0.05) is 12.8 Å². The Kier molecular flexibility index (Phi) is 56.5. The lowest BCUT2D eigenvalue weighted by Crippen LogP contribution is -2.45. The van der Waals surface area contributed by atoms with Gasteiger partial charge < -0.3 is 20.3 Å². The van der Waals surface area contributed by atoms with Crippen molar-refractivity contribution in [1.82, 2.24) is 5.32 Å². The van der Waals surface area contributed by atoms with E-state index in [-0.39, 0.29) is 18.5 Å². The first-order valence-corrected chi connectivity index (χ1v) is 30.8. The van der Waals surface area contributed by atoms with Crippen LogP contribution in [0.3, 0.4) is 0 Å². The van der Waals surface area contributed by atoms with Gasteiger partial charge >= 0.3 is 5.97 Å². The van der Waals surface area contributed by atoms with Crippen LogP contribution in [0.1, 0.15) is 354 Å². The van der Waals surface area contributed by atoms with Gasteiger partial charge in [0.05, 0.1) is 25.4 Å². The zero-order valence-corrected chi connectivity index (χ0v) is 45.7. The lowest BCUT2D eigenvalue weighted by molar-refractivity contribution is -0.143. The summed E-state index contributed by atoms with van der Waals surface area (Å²) in [4.78, 5) is 24.6. The molecule has 3 N–H and O–H groups in total. The van der Waals surface area contributed by atoms with Crippen LogP contribution in [-0.2, 0) is 14.3 Å². The molecule has 0 radical (unpaired) electrons. The summed E-state index contributed by atoms with van der Waals surface area (Å²) in [5, 5.41) is 23.2. The molecular weight excluding hydrogens is 827 g/mol. The van der Waals surface area contributed by atoms with E-state index in [1.54, 1.807) is 0 Å². The Balaban J connectivity index is 3.34. The van der Waals surface area contributed by atoms with Crippen molar-refractivity contribution >= 4 is 11.9 Å². The summed E-state index contributed by atoms with van der Waals surface area (Å²) in [6.45, 7) is 4.97. The Hall–Kier alpha value is -1.14. The fourth-order valence-electron chi connectivity index (χ4n) is 9.94. The van der Waals surface area contributed by atoms with E-state index in [1.165, 1.54) is 283 Å². The number of hydrogen-bond donors (Lipinski definition) is 3. The highest BCUT2D eigenvalue weighted by molar-refractivity contribution is 5.76. The molecule has 0 saturated heterocycles. The van der Waals surface area contributed by atoms with Crippen molar-refractivity contribution in [1.29, 1.82) is 0 Å². The minimum Gasteiger partial charge on any atom is -0.466 e. The van der Waals surface area contributed by atoms with Crippen molar-refractivity contribution in [2.24, 2.45) is 0 Å². The quantitative estimate of drug-likeness (QED) is 0.0417. The van der Waals surface area contributed by atoms with E-state index in [1.807, 2.05) is 0 Å². The first-order valence-electron chi connectivity index (χ1n) is 30.8. The second-order valence-corrected chi connectivity index (χ2v) is 21.4. The van der Waals surface area contributed by atoms with Gasteiger partial charge in [0.1, 0.15) is 0 Å². The molecule has 0 rings (SSSR count). The summed E-state index contributed by atoms with van der Waals surface area (Å²) in [6.07, 6.45) is 66.8. The van der Waals surface area contributed by atoms with Gasteiger partial charge in [-0.15, -0.1) is 0 Å². The van der Waals surface area contributed by atoms with E-state index in [0.717, 1.165) is 38.5 Å². The first-order chi connectivity index (χ1) is 33.0. The third-order valence-electron chi connectivity index (χ3n) is 14.7. The molecule has 0 spiro atoms. The van der Waals surface area contributed by atoms with Crippen molar-refractivity contribution in [2.45, 2.75) is 366 Å². The predicted octanol–water partition coefficient (Wildman–Crippen LogP) is 19.1. The molecule has 6 nitrogen and oxygen atoms in total. The van der Waals surface area contributed by atoms with Crippen molar-refractivity contribution in [3.05, 3.63) is 0 Å². The Labute approximate surface area is 419 Å². The van der Waals surface area contributed by atoms with Crippen LogP contribution in [-0.4, -0.2) is 47.4 Å². The van der Waals surface area contributed by atoms with Gasteiger partial charge in [-0.3, -0.25) is 9.59 Å². The monoisotopic (exact) mass is 948 g/mol. The molecule has 0 aliphatic heterocycles. The second kappa shape index (κ2) is 57.4. The third kappa shape index (κ3) is 54.0. The standard InChI is InChI=1S/C61H121NO5/c1-3-5-7-9-11-13-15-17-18-19-21-25-28-31-35-39-43-47-51-55-61(66)67-56-52-48-44-40-36-32-29-26-23-20-22-24-27-30-34-38-42-46-50-54-60(65)62-58(57-63)59(64)53-49-45-41-37-33-16-14-12-10-8-6-4-2/h58-59,63-64H,3-57H2,1-2H3,(H,62,65). The minimum absolute atomic E-state index is 0.0148. The second-order valence-electron chi connectivity index (χ2n) is 21.4. The van der Waals surface area contributed by atoms with Gasteiger partial charge in [0.15, 0.2) is 0 Å². The van der Waals surface area contributed by atoms with Gasteiger partial charge in [0.25, 0.3) is 0 Å².